The zero-order valence-electron chi connectivity index (χ0n) is 12.3. The van der Waals surface area contributed by atoms with Gasteiger partial charge in [0.25, 0.3) is 5.78 Å². The van der Waals surface area contributed by atoms with Crippen LogP contribution in [-0.2, 0) is 4.79 Å². The van der Waals surface area contributed by atoms with Gasteiger partial charge < -0.3 is 5.11 Å². The minimum Gasteiger partial charge on any atom is -0.475 e. The van der Waals surface area contributed by atoms with Crippen LogP contribution in [0.3, 0.4) is 0 Å². The van der Waals surface area contributed by atoms with Crippen LogP contribution >= 0.6 is 0 Å². The van der Waals surface area contributed by atoms with Gasteiger partial charge in [-0.3, -0.25) is 4.79 Å². The van der Waals surface area contributed by atoms with Crippen LogP contribution in [0.4, 0.5) is 0 Å². The van der Waals surface area contributed by atoms with Gasteiger partial charge in [0.2, 0.25) is 0 Å². The largest absolute Gasteiger partial charge is 0.475 e. The Labute approximate surface area is 133 Å². The molecular weight excluding hydrogens is 288 g/mol. The molecule has 3 rings (SSSR count). The smallest absolute Gasteiger partial charge is 0.377 e. The maximum atomic E-state index is 12.1. The number of carbonyl (C=O) groups is 2. The fourth-order valence-electron chi connectivity index (χ4n) is 2.63. The topological polar surface area (TPSA) is 54.4 Å². The SMILES string of the molecule is O=C(O)C(=O)c1cccc(-c2ccccc2)c1-c1ccccc1. The van der Waals surface area contributed by atoms with Gasteiger partial charge in [-0.05, 0) is 16.7 Å². The number of rotatable bonds is 4. The average Bonchev–Trinajstić information content (AvgIpc) is 2.62. The predicted octanol–water partition coefficient (Wildman–Crippen LogP) is 4.29. The van der Waals surface area contributed by atoms with Gasteiger partial charge in [0, 0.05) is 11.1 Å². The Bertz CT molecular complexity index is 853. The summed E-state index contributed by atoms with van der Waals surface area (Å²) in [7, 11) is 0. The highest BCUT2D eigenvalue weighted by Gasteiger charge is 2.21. The summed E-state index contributed by atoms with van der Waals surface area (Å²) in [4.78, 5) is 23.3. The molecule has 3 aromatic rings. The van der Waals surface area contributed by atoms with Crippen LogP contribution in [0.1, 0.15) is 10.4 Å². The van der Waals surface area contributed by atoms with Crippen molar-refractivity contribution in [3.05, 3.63) is 84.4 Å². The Morgan fingerprint density at radius 3 is 1.78 bits per heavy atom. The molecule has 0 fully saturated rings. The monoisotopic (exact) mass is 302 g/mol. The van der Waals surface area contributed by atoms with Gasteiger partial charge in [-0.25, -0.2) is 4.79 Å². The first-order valence-electron chi connectivity index (χ1n) is 7.20. The molecule has 0 aliphatic rings. The second kappa shape index (κ2) is 6.28. The number of ketones is 1. The predicted molar refractivity (Wildman–Crippen MR) is 89.3 cm³/mol. The first-order chi connectivity index (χ1) is 11.2. The van der Waals surface area contributed by atoms with E-state index < -0.39 is 11.8 Å². The highest BCUT2D eigenvalue weighted by molar-refractivity contribution is 6.41. The number of carbonyl (C=O) groups excluding carboxylic acids is 1. The van der Waals surface area contributed by atoms with Gasteiger partial charge in [-0.15, -0.1) is 0 Å². The van der Waals surface area contributed by atoms with Crippen molar-refractivity contribution in [3.8, 4) is 22.3 Å². The number of hydrogen-bond donors (Lipinski definition) is 1. The molecule has 0 heterocycles. The van der Waals surface area contributed by atoms with Crippen molar-refractivity contribution in [3.63, 3.8) is 0 Å². The normalized spacial score (nSPS) is 10.3. The third-order valence-electron chi connectivity index (χ3n) is 3.65. The summed E-state index contributed by atoms with van der Waals surface area (Å²) in [6.07, 6.45) is 0. The molecule has 0 bridgehead atoms. The highest BCUT2D eigenvalue weighted by Crippen LogP contribution is 2.35. The Balaban J connectivity index is 2.31. The number of Topliss-reactive ketones (excluding diaryl/α,β-unsaturated/α-hetero) is 1. The molecule has 0 aromatic heterocycles. The van der Waals surface area contributed by atoms with Crippen LogP contribution in [0.5, 0.6) is 0 Å². The van der Waals surface area contributed by atoms with Crippen molar-refractivity contribution < 1.29 is 14.7 Å². The van der Waals surface area contributed by atoms with Crippen molar-refractivity contribution >= 4 is 11.8 Å². The lowest BCUT2D eigenvalue weighted by molar-refractivity contribution is -0.131. The molecule has 112 valence electrons. The number of aliphatic carboxylic acids is 1. The number of hydrogen-bond acceptors (Lipinski definition) is 2. The first kappa shape index (κ1) is 14.7. The van der Waals surface area contributed by atoms with Crippen molar-refractivity contribution in [1.29, 1.82) is 0 Å². The van der Waals surface area contributed by atoms with Gasteiger partial charge in [-0.1, -0.05) is 78.9 Å². The molecule has 3 heteroatoms. The van der Waals surface area contributed by atoms with Gasteiger partial charge in [0.05, 0.1) is 0 Å². The first-order valence-corrected chi connectivity index (χ1v) is 7.20. The van der Waals surface area contributed by atoms with Gasteiger partial charge in [0.15, 0.2) is 0 Å². The molecule has 0 saturated carbocycles. The summed E-state index contributed by atoms with van der Waals surface area (Å²) in [5.41, 5.74) is 3.43. The minimum absolute atomic E-state index is 0.199. The van der Waals surface area contributed by atoms with Crippen molar-refractivity contribution in [2.75, 3.05) is 0 Å². The summed E-state index contributed by atoms with van der Waals surface area (Å²) in [6, 6.07) is 24.2. The van der Waals surface area contributed by atoms with Gasteiger partial charge >= 0.3 is 5.97 Å². The Morgan fingerprint density at radius 1 is 0.652 bits per heavy atom. The standard InChI is InChI=1S/C20H14O3/c21-19(20(22)23)17-13-7-12-16(14-8-3-1-4-9-14)18(17)15-10-5-2-6-11-15/h1-13H,(H,22,23). The van der Waals surface area contributed by atoms with E-state index in [0.29, 0.717) is 5.56 Å². The number of benzene rings is 3. The van der Waals surface area contributed by atoms with E-state index in [9.17, 15) is 9.59 Å². The van der Waals surface area contributed by atoms with Crippen LogP contribution in [-0.4, -0.2) is 16.9 Å². The van der Waals surface area contributed by atoms with Gasteiger partial charge in [-0.2, -0.15) is 0 Å². The maximum Gasteiger partial charge on any atom is 0.377 e. The summed E-state index contributed by atoms with van der Waals surface area (Å²) in [6.45, 7) is 0. The third-order valence-corrected chi connectivity index (χ3v) is 3.65. The molecule has 0 aliphatic carbocycles. The van der Waals surface area contributed by atoms with Crippen LogP contribution in [0.25, 0.3) is 22.3 Å². The molecule has 0 radical (unpaired) electrons. The lowest BCUT2D eigenvalue weighted by Gasteiger charge is -2.14. The molecule has 3 aromatic carbocycles. The molecule has 0 atom stereocenters. The van der Waals surface area contributed by atoms with Crippen molar-refractivity contribution in [1.82, 2.24) is 0 Å². The van der Waals surface area contributed by atoms with Crippen LogP contribution in [0.2, 0.25) is 0 Å². The minimum atomic E-state index is -1.45. The summed E-state index contributed by atoms with van der Waals surface area (Å²) in [5.74, 6) is -2.35. The Hall–Kier alpha value is -3.20. The van der Waals surface area contributed by atoms with E-state index >= 15 is 0 Å². The van der Waals surface area contributed by atoms with E-state index in [4.69, 9.17) is 5.11 Å². The third kappa shape index (κ3) is 2.90. The molecule has 1 N–H and O–H groups in total. The Morgan fingerprint density at radius 2 is 1.22 bits per heavy atom. The molecule has 23 heavy (non-hydrogen) atoms. The van der Waals surface area contributed by atoms with Crippen molar-refractivity contribution in [2.45, 2.75) is 0 Å². The van der Waals surface area contributed by atoms with E-state index in [-0.39, 0.29) is 5.56 Å². The summed E-state index contributed by atoms with van der Waals surface area (Å²) >= 11 is 0. The molecule has 0 aliphatic heterocycles. The highest BCUT2D eigenvalue weighted by atomic mass is 16.4. The lowest BCUT2D eigenvalue weighted by Crippen LogP contribution is -2.14. The fraction of sp³-hybridized carbons (Fsp3) is 0. The summed E-state index contributed by atoms with van der Waals surface area (Å²) < 4.78 is 0. The van der Waals surface area contributed by atoms with E-state index in [2.05, 4.69) is 0 Å². The van der Waals surface area contributed by atoms with E-state index in [1.165, 1.54) is 0 Å². The van der Waals surface area contributed by atoms with Crippen LogP contribution < -0.4 is 0 Å². The van der Waals surface area contributed by atoms with E-state index in [1.54, 1.807) is 12.1 Å². The van der Waals surface area contributed by atoms with Crippen LogP contribution in [0.15, 0.2) is 78.9 Å². The lowest BCUT2D eigenvalue weighted by atomic mass is 9.89. The quantitative estimate of drug-likeness (QED) is 0.578. The number of carboxylic acids is 1. The molecule has 0 saturated heterocycles. The average molecular weight is 302 g/mol. The Kier molecular flexibility index (Phi) is 4.02. The second-order valence-electron chi connectivity index (χ2n) is 5.09. The summed E-state index contributed by atoms with van der Waals surface area (Å²) in [5, 5.41) is 9.12. The maximum absolute atomic E-state index is 12.1. The fourth-order valence-corrected chi connectivity index (χ4v) is 2.63. The second-order valence-corrected chi connectivity index (χ2v) is 5.09. The molecule has 3 nitrogen and oxygen atoms in total. The molecular formula is C20H14O3. The molecule has 0 spiro atoms. The molecule has 0 unspecified atom stereocenters. The van der Waals surface area contributed by atoms with Crippen molar-refractivity contribution in [2.24, 2.45) is 0 Å². The van der Waals surface area contributed by atoms with E-state index in [0.717, 1.165) is 16.7 Å². The molecule has 0 amide bonds. The zero-order valence-corrected chi connectivity index (χ0v) is 12.3. The number of carboxylic acid groups (broad SMARTS) is 1. The zero-order chi connectivity index (χ0) is 16.2. The van der Waals surface area contributed by atoms with Gasteiger partial charge in [0.1, 0.15) is 0 Å². The van der Waals surface area contributed by atoms with E-state index in [1.807, 2.05) is 66.7 Å². The van der Waals surface area contributed by atoms with Crippen LogP contribution in [0, 0.1) is 0 Å².